The van der Waals surface area contributed by atoms with Crippen LogP contribution < -0.4 is 10.6 Å². The first-order valence-corrected chi connectivity index (χ1v) is 9.10. The van der Waals surface area contributed by atoms with Crippen molar-refractivity contribution in [2.24, 2.45) is 0 Å². The monoisotopic (exact) mass is 340 g/mol. The van der Waals surface area contributed by atoms with Crippen molar-refractivity contribution in [3.8, 4) is 0 Å². The highest BCUT2D eigenvalue weighted by Gasteiger charge is 2.14. The van der Waals surface area contributed by atoms with Gasteiger partial charge in [0, 0.05) is 18.3 Å². The number of benzene rings is 1. The SMILES string of the molecule is CCCCNc1cc(C(=O)Nc2c(CC)cccc2CC)nc(C)n1. The van der Waals surface area contributed by atoms with Gasteiger partial charge in [-0.05, 0) is 37.3 Å². The maximum atomic E-state index is 12.8. The van der Waals surface area contributed by atoms with Crippen molar-refractivity contribution in [1.82, 2.24) is 9.97 Å². The van der Waals surface area contributed by atoms with Gasteiger partial charge in [-0.25, -0.2) is 9.97 Å². The third-order valence-electron chi connectivity index (χ3n) is 4.14. The molecule has 0 atom stereocenters. The Morgan fingerprint density at radius 2 is 1.76 bits per heavy atom. The predicted octanol–water partition coefficient (Wildman–Crippen LogP) is 4.37. The molecule has 0 aliphatic heterocycles. The minimum Gasteiger partial charge on any atom is -0.370 e. The van der Waals surface area contributed by atoms with E-state index >= 15 is 0 Å². The molecular weight excluding hydrogens is 312 g/mol. The predicted molar refractivity (Wildman–Crippen MR) is 103 cm³/mol. The number of unbranched alkanes of at least 4 members (excludes halogenated alkanes) is 1. The number of aromatic nitrogens is 2. The number of carbonyl (C=O) groups is 1. The first kappa shape index (κ1) is 18.9. The van der Waals surface area contributed by atoms with E-state index in [0.29, 0.717) is 17.3 Å². The Hall–Kier alpha value is -2.43. The van der Waals surface area contributed by atoms with Gasteiger partial charge in [-0.2, -0.15) is 0 Å². The zero-order valence-corrected chi connectivity index (χ0v) is 15.6. The van der Waals surface area contributed by atoms with Crippen molar-refractivity contribution in [3.63, 3.8) is 0 Å². The summed E-state index contributed by atoms with van der Waals surface area (Å²) in [5, 5.41) is 6.32. The summed E-state index contributed by atoms with van der Waals surface area (Å²) >= 11 is 0. The smallest absolute Gasteiger partial charge is 0.274 e. The van der Waals surface area contributed by atoms with Crippen molar-refractivity contribution >= 4 is 17.4 Å². The van der Waals surface area contributed by atoms with Crippen molar-refractivity contribution in [2.45, 2.75) is 53.4 Å². The van der Waals surface area contributed by atoms with Gasteiger partial charge in [-0.15, -0.1) is 0 Å². The third kappa shape index (κ3) is 5.02. The van der Waals surface area contributed by atoms with Crippen LogP contribution in [0.3, 0.4) is 0 Å². The summed E-state index contributed by atoms with van der Waals surface area (Å²) in [5.41, 5.74) is 3.58. The normalized spacial score (nSPS) is 10.6. The van der Waals surface area contributed by atoms with Gasteiger partial charge in [0.05, 0.1) is 0 Å². The fourth-order valence-corrected chi connectivity index (χ4v) is 2.75. The summed E-state index contributed by atoms with van der Waals surface area (Å²) in [6, 6.07) is 7.87. The summed E-state index contributed by atoms with van der Waals surface area (Å²) in [7, 11) is 0. The summed E-state index contributed by atoms with van der Waals surface area (Å²) in [6.45, 7) is 8.97. The molecule has 0 saturated heterocycles. The van der Waals surface area contributed by atoms with Crippen LogP contribution in [0.25, 0.3) is 0 Å². The van der Waals surface area contributed by atoms with Crippen LogP contribution in [0.4, 0.5) is 11.5 Å². The van der Waals surface area contributed by atoms with Gasteiger partial charge >= 0.3 is 0 Å². The van der Waals surface area contributed by atoms with Gasteiger partial charge in [-0.3, -0.25) is 4.79 Å². The van der Waals surface area contributed by atoms with Crippen molar-refractivity contribution in [1.29, 1.82) is 0 Å². The molecule has 2 rings (SSSR count). The van der Waals surface area contributed by atoms with E-state index < -0.39 is 0 Å². The Kier molecular flexibility index (Phi) is 6.92. The second-order valence-electron chi connectivity index (χ2n) is 6.08. The van der Waals surface area contributed by atoms with Crippen LogP contribution in [0.2, 0.25) is 0 Å². The van der Waals surface area contributed by atoms with E-state index in [-0.39, 0.29) is 5.91 Å². The second kappa shape index (κ2) is 9.16. The van der Waals surface area contributed by atoms with E-state index in [1.165, 1.54) is 0 Å². The first-order valence-electron chi connectivity index (χ1n) is 9.10. The number of hydrogen-bond donors (Lipinski definition) is 2. The highest BCUT2D eigenvalue weighted by molar-refractivity contribution is 6.04. The van der Waals surface area contributed by atoms with E-state index in [1.807, 2.05) is 6.07 Å². The van der Waals surface area contributed by atoms with E-state index in [1.54, 1.807) is 13.0 Å². The minimum absolute atomic E-state index is 0.195. The number of anilines is 2. The standard InChI is InChI=1S/C20H28N4O/c1-5-8-12-21-18-13-17(22-14(4)23-18)20(25)24-19-15(6-2)10-9-11-16(19)7-3/h9-11,13H,5-8,12H2,1-4H3,(H,24,25)(H,21,22,23). The fraction of sp³-hybridized carbons (Fsp3) is 0.450. The molecule has 1 amide bonds. The number of nitrogens with zero attached hydrogens (tertiary/aromatic N) is 2. The summed E-state index contributed by atoms with van der Waals surface area (Å²) < 4.78 is 0. The lowest BCUT2D eigenvalue weighted by atomic mass is 10.0. The quantitative estimate of drug-likeness (QED) is 0.700. The molecule has 2 N–H and O–H groups in total. The molecule has 134 valence electrons. The van der Waals surface area contributed by atoms with Crippen LogP contribution >= 0.6 is 0 Å². The van der Waals surface area contributed by atoms with Gasteiger partial charge in [0.15, 0.2) is 0 Å². The average Bonchev–Trinajstić information content (AvgIpc) is 2.61. The summed E-state index contributed by atoms with van der Waals surface area (Å²) in [5.74, 6) is 1.09. The zero-order chi connectivity index (χ0) is 18.2. The Morgan fingerprint density at radius 1 is 1.08 bits per heavy atom. The average molecular weight is 340 g/mol. The van der Waals surface area contributed by atoms with E-state index in [0.717, 1.165) is 49.0 Å². The van der Waals surface area contributed by atoms with Gasteiger partial charge in [0.2, 0.25) is 0 Å². The van der Waals surface area contributed by atoms with E-state index in [4.69, 9.17) is 0 Å². The van der Waals surface area contributed by atoms with Crippen LogP contribution in [-0.2, 0) is 12.8 Å². The summed E-state index contributed by atoms with van der Waals surface area (Å²) in [4.78, 5) is 21.4. The van der Waals surface area contributed by atoms with Gasteiger partial charge in [0.25, 0.3) is 5.91 Å². The van der Waals surface area contributed by atoms with Crippen LogP contribution in [0.5, 0.6) is 0 Å². The number of aryl methyl sites for hydroxylation is 3. The van der Waals surface area contributed by atoms with Crippen LogP contribution in [0.1, 0.15) is 61.1 Å². The van der Waals surface area contributed by atoms with Gasteiger partial charge < -0.3 is 10.6 Å². The van der Waals surface area contributed by atoms with Crippen molar-refractivity contribution in [3.05, 3.63) is 46.9 Å². The molecule has 0 fully saturated rings. The molecule has 0 saturated carbocycles. The third-order valence-corrected chi connectivity index (χ3v) is 4.14. The van der Waals surface area contributed by atoms with Crippen molar-refractivity contribution < 1.29 is 4.79 Å². The second-order valence-corrected chi connectivity index (χ2v) is 6.08. The lowest BCUT2D eigenvalue weighted by molar-refractivity contribution is 0.102. The van der Waals surface area contributed by atoms with Crippen LogP contribution in [0.15, 0.2) is 24.3 Å². The number of para-hydroxylation sites is 1. The van der Waals surface area contributed by atoms with Crippen LogP contribution in [0, 0.1) is 6.92 Å². The zero-order valence-electron chi connectivity index (χ0n) is 15.6. The van der Waals surface area contributed by atoms with Gasteiger partial charge in [0.1, 0.15) is 17.3 Å². The first-order chi connectivity index (χ1) is 12.1. The molecule has 25 heavy (non-hydrogen) atoms. The Bertz CT molecular complexity index is 705. The molecule has 5 heteroatoms. The number of amides is 1. The molecule has 0 bridgehead atoms. The maximum absolute atomic E-state index is 12.8. The molecule has 1 heterocycles. The fourth-order valence-electron chi connectivity index (χ4n) is 2.75. The number of carbonyl (C=O) groups excluding carboxylic acids is 1. The van der Waals surface area contributed by atoms with Crippen LogP contribution in [-0.4, -0.2) is 22.4 Å². The highest BCUT2D eigenvalue weighted by Crippen LogP contribution is 2.23. The minimum atomic E-state index is -0.195. The largest absolute Gasteiger partial charge is 0.370 e. The Balaban J connectivity index is 2.24. The maximum Gasteiger partial charge on any atom is 0.274 e. The molecule has 0 spiro atoms. The molecule has 0 radical (unpaired) electrons. The lowest BCUT2D eigenvalue weighted by Crippen LogP contribution is -2.18. The van der Waals surface area contributed by atoms with E-state index in [9.17, 15) is 4.79 Å². The topological polar surface area (TPSA) is 66.9 Å². The highest BCUT2D eigenvalue weighted by atomic mass is 16.1. The Labute approximate surface area is 150 Å². The number of rotatable bonds is 8. The molecule has 5 nitrogen and oxygen atoms in total. The molecule has 0 unspecified atom stereocenters. The summed E-state index contributed by atoms with van der Waals surface area (Å²) in [6.07, 6.45) is 3.92. The van der Waals surface area contributed by atoms with Crippen molar-refractivity contribution in [2.75, 3.05) is 17.2 Å². The Morgan fingerprint density at radius 3 is 2.36 bits per heavy atom. The lowest BCUT2D eigenvalue weighted by Gasteiger charge is -2.14. The number of hydrogen-bond acceptors (Lipinski definition) is 4. The molecular formula is C20H28N4O. The number of nitrogens with one attached hydrogen (secondary N) is 2. The molecule has 0 aliphatic rings. The molecule has 1 aromatic carbocycles. The molecule has 1 aromatic heterocycles. The molecule has 0 aliphatic carbocycles. The van der Waals surface area contributed by atoms with E-state index in [2.05, 4.69) is 53.5 Å². The van der Waals surface area contributed by atoms with Gasteiger partial charge in [-0.1, -0.05) is 45.4 Å². The molecule has 2 aromatic rings.